The van der Waals surface area contributed by atoms with Gasteiger partial charge in [0.05, 0.1) is 6.61 Å². The first-order valence-electron chi connectivity index (χ1n) is 7.95. The summed E-state index contributed by atoms with van der Waals surface area (Å²) in [6.07, 6.45) is 0.531. The second kappa shape index (κ2) is 6.14. The molecule has 2 aromatic rings. The molecule has 0 radical (unpaired) electrons. The normalized spacial score (nSPS) is 16.5. The molecule has 0 spiro atoms. The highest BCUT2D eigenvalue weighted by atomic mass is 16.7. The Labute approximate surface area is 135 Å². The predicted octanol–water partition coefficient (Wildman–Crippen LogP) is 3.14. The van der Waals surface area contributed by atoms with Crippen molar-refractivity contribution in [3.05, 3.63) is 64.7 Å². The van der Waals surface area contributed by atoms with Crippen molar-refractivity contribution in [3.63, 3.8) is 0 Å². The Balaban J connectivity index is 1.38. The average Bonchev–Trinajstić information content (AvgIpc) is 3.02. The van der Waals surface area contributed by atoms with Crippen LogP contribution in [0.5, 0.6) is 5.75 Å². The third-order valence-electron chi connectivity index (χ3n) is 4.51. The SMILES string of the molecule is O=C(CCN1Cc2ccccc2C1)c1ccc2c(c1)OCOC2. The molecule has 0 aliphatic carbocycles. The molecule has 2 aliphatic heterocycles. The van der Waals surface area contributed by atoms with Crippen molar-refractivity contribution in [1.82, 2.24) is 4.90 Å². The lowest BCUT2D eigenvalue weighted by molar-refractivity contribution is -0.0164. The Morgan fingerprint density at radius 1 is 1.04 bits per heavy atom. The van der Waals surface area contributed by atoms with E-state index in [1.165, 1.54) is 11.1 Å². The smallest absolute Gasteiger partial charge is 0.189 e. The van der Waals surface area contributed by atoms with E-state index in [2.05, 4.69) is 29.2 Å². The van der Waals surface area contributed by atoms with Crippen molar-refractivity contribution in [3.8, 4) is 5.75 Å². The average molecular weight is 309 g/mol. The standard InChI is InChI=1S/C19H19NO3/c21-18(14-5-6-17-12-22-13-23-19(17)9-14)7-8-20-10-15-3-1-2-4-16(15)11-20/h1-6,9H,7-8,10-13H2. The van der Waals surface area contributed by atoms with E-state index in [-0.39, 0.29) is 12.6 Å². The van der Waals surface area contributed by atoms with Crippen molar-refractivity contribution >= 4 is 5.78 Å². The summed E-state index contributed by atoms with van der Waals surface area (Å²) in [5.41, 5.74) is 4.48. The van der Waals surface area contributed by atoms with Crippen LogP contribution >= 0.6 is 0 Å². The molecule has 0 bridgehead atoms. The van der Waals surface area contributed by atoms with Gasteiger partial charge in [-0.1, -0.05) is 36.4 Å². The number of ketones is 1. The largest absolute Gasteiger partial charge is 0.467 e. The molecule has 0 fully saturated rings. The van der Waals surface area contributed by atoms with Crippen LogP contribution in [0.1, 0.15) is 33.5 Å². The minimum atomic E-state index is 0.166. The summed E-state index contributed by atoms with van der Waals surface area (Å²) in [6.45, 7) is 3.48. The lowest BCUT2D eigenvalue weighted by atomic mass is 10.0. The van der Waals surface area contributed by atoms with E-state index in [4.69, 9.17) is 9.47 Å². The zero-order valence-corrected chi connectivity index (χ0v) is 13.0. The van der Waals surface area contributed by atoms with Crippen molar-refractivity contribution in [2.75, 3.05) is 13.3 Å². The van der Waals surface area contributed by atoms with E-state index in [0.717, 1.165) is 36.5 Å². The van der Waals surface area contributed by atoms with Gasteiger partial charge in [-0.2, -0.15) is 0 Å². The molecule has 0 N–H and O–H groups in total. The van der Waals surface area contributed by atoms with Crippen LogP contribution in [0.2, 0.25) is 0 Å². The summed E-state index contributed by atoms with van der Waals surface area (Å²) in [7, 11) is 0. The third-order valence-corrected chi connectivity index (χ3v) is 4.51. The van der Waals surface area contributed by atoms with Crippen LogP contribution in [0, 0.1) is 0 Å². The number of hydrogen-bond donors (Lipinski definition) is 0. The summed E-state index contributed by atoms with van der Waals surface area (Å²) < 4.78 is 10.7. The van der Waals surface area contributed by atoms with Crippen LogP contribution < -0.4 is 4.74 Å². The van der Waals surface area contributed by atoms with Crippen LogP contribution in [-0.2, 0) is 24.4 Å². The van der Waals surface area contributed by atoms with Gasteiger partial charge in [0.25, 0.3) is 0 Å². The van der Waals surface area contributed by atoms with Gasteiger partial charge in [-0.3, -0.25) is 9.69 Å². The number of nitrogens with zero attached hydrogens (tertiary/aromatic N) is 1. The van der Waals surface area contributed by atoms with Crippen molar-refractivity contribution in [1.29, 1.82) is 0 Å². The number of hydrogen-bond acceptors (Lipinski definition) is 4. The summed E-state index contributed by atoms with van der Waals surface area (Å²) >= 11 is 0. The van der Waals surface area contributed by atoms with Crippen LogP contribution in [-0.4, -0.2) is 24.0 Å². The van der Waals surface area contributed by atoms with E-state index in [9.17, 15) is 4.79 Å². The number of Topliss-reactive ketones (excluding diaryl/α,β-unsaturated/α-hetero) is 1. The number of ether oxygens (including phenoxy) is 2. The molecule has 0 saturated heterocycles. The van der Waals surface area contributed by atoms with Gasteiger partial charge < -0.3 is 9.47 Å². The number of carbonyl (C=O) groups is 1. The molecule has 0 amide bonds. The number of rotatable bonds is 4. The number of fused-ring (bicyclic) bond motifs is 2. The molecule has 118 valence electrons. The van der Waals surface area contributed by atoms with Gasteiger partial charge in [-0.25, -0.2) is 0 Å². The Bertz CT molecular complexity index is 716. The van der Waals surface area contributed by atoms with Gasteiger partial charge in [0.1, 0.15) is 5.75 Å². The van der Waals surface area contributed by atoms with E-state index in [1.807, 2.05) is 18.2 Å². The maximum absolute atomic E-state index is 12.4. The topological polar surface area (TPSA) is 38.8 Å². The molecular formula is C19H19NO3. The van der Waals surface area contributed by atoms with Gasteiger partial charge in [0, 0.05) is 37.2 Å². The zero-order chi connectivity index (χ0) is 15.6. The summed E-state index contributed by atoms with van der Waals surface area (Å²) in [4.78, 5) is 14.8. The summed E-state index contributed by atoms with van der Waals surface area (Å²) in [5, 5.41) is 0. The first kappa shape index (κ1) is 14.4. The van der Waals surface area contributed by atoms with Crippen molar-refractivity contribution in [2.45, 2.75) is 26.1 Å². The van der Waals surface area contributed by atoms with Crippen LogP contribution in [0.4, 0.5) is 0 Å². The van der Waals surface area contributed by atoms with E-state index in [1.54, 1.807) is 0 Å². The molecule has 2 aromatic carbocycles. The fourth-order valence-electron chi connectivity index (χ4n) is 3.20. The highest BCUT2D eigenvalue weighted by molar-refractivity contribution is 5.96. The minimum absolute atomic E-state index is 0.166. The highest BCUT2D eigenvalue weighted by Gasteiger charge is 2.19. The van der Waals surface area contributed by atoms with E-state index < -0.39 is 0 Å². The highest BCUT2D eigenvalue weighted by Crippen LogP contribution is 2.26. The molecule has 4 heteroatoms. The number of benzene rings is 2. The fourth-order valence-corrected chi connectivity index (χ4v) is 3.20. The lowest BCUT2D eigenvalue weighted by Gasteiger charge is -2.18. The second-order valence-electron chi connectivity index (χ2n) is 6.09. The van der Waals surface area contributed by atoms with Gasteiger partial charge >= 0.3 is 0 Å². The molecule has 2 aliphatic rings. The second-order valence-corrected chi connectivity index (χ2v) is 6.09. The molecule has 0 atom stereocenters. The lowest BCUT2D eigenvalue weighted by Crippen LogP contribution is -2.20. The predicted molar refractivity (Wildman–Crippen MR) is 86.2 cm³/mol. The zero-order valence-electron chi connectivity index (χ0n) is 13.0. The Morgan fingerprint density at radius 3 is 2.61 bits per heavy atom. The molecular weight excluding hydrogens is 290 g/mol. The molecule has 2 heterocycles. The van der Waals surface area contributed by atoms with E-state index in [0.29, 0.717) is 13.0 Å². The van der Waals surface area contributed by atoms with Gasteiger partial charge in [0.15, 0.2) is 12.6 Å². The van der Waals surface area contributed by atoms with Crippen LogP contribution in [0.3, 0.4) is 0 Å². The van der Waals surface area contributed by atoms with Crippen LogP contribution in [0.25, 0.3) is 0 Å². The first-order chi connectivity index (χ1) is 11.3. The summed E-state index contributed by atoms with van der Waals surface area (Å²) in [6, 6.07) is 14.1. The summed E-state index contributed by atoms with van der Waals surface area (Å²) in [5.74, 6) is 0.939. The number of carbonyl (C=O) groups excluding carboxylic acids is 1. The Kier molecular flexibility index (Phi) is 3.85. The quantitative estimate of drug-likeness (QED) is 0.813. The molecule has 0 aromatic heterocycles. The van der Waals surface area contributed by atoms with Gasteiger partial charge in [-0.05, 0) is 17.2 Å². The molecule has 23 heavy (non-hydrogen) atoms. The van der Waals surface area contributed by atoms with Crippen molar-refractivity contribution < 1.29 is 14.3 Å². The monoisotopic (exact) mass is 309 g/mol. The third kappa shape index (κ3) is 3.00. The molecule has 4 nitrogen and oxygen atoms in total. The van der Waals surface area contributed by atoms with Gasteiger partial charge in [-0.15, -0.1) is 0 Å². The molecule has 0 unspecified atom stereocenters. The first-order valence-corrected chi connectivity index (χ1v) is 7.95. The Morgan fingerprint density at radius 2 is 1.83 bits per heavy atom. The van der Waals surface area contributed by atoms with Gasteiger partial charge in [0.2, 0.25) is 0 Å². The molecule has 0 saturated carbocycles. The minimum Gasteiger partial charge on any atom is -0.467 e. The van der Waals surface area contributed by atoms with E-state index >= 15 is 0 Å². The van der Waals surface area contributed by atoms with Crippen LogP contribution in [0.15, 0.2) is 42.5 Å². The fraction of sp³-hybridized carbons (Fsp3) is 0.316. The molecule has 4 rings (SSSR count). The maximum Gasteiger partial charge on any atom is 0.189 e. The maximum atomic E-state index is 12.4. The Hall–Kier alpha value is -2.17. The van der Waals surface area contributed by atoms with Crippen molar-refractivity contribution in [2.24, 2.45) is 0 Å².